The molecule has 1 aromatic heterocycles. The minimum Gasteiger partial charge on any atom is -0.447 e. The molecule has 2 saturated heterocycles. The van der Waals surface area contributed by atoms with Crippen LogP contribution in [0.5, 0.6) is 0 Å². The van der Waals surface area contributed by atoms with Crippen molar-refractivity contribution in [2.45, 2.75) is 26.8 Å². The summed E-state index contributed by atoms with van der Waals surface area (Å²) in [5.41, 5.74) is 3.73. The molecule has 0 unspecified atom stereocenters. The maximum absolute atomic E-state index is 13.1. The Kier molecular flexibility index (Phi) is 5.51. The van der Waals surface area contributed by atoms with Crippen molar-refractivity contribution >= 4 is 23.5 Å². The molecule has 160 valence electrons. The Morgan fingerprint density at radius 1 is 1.16 bits per heavy atom. The van der Waals surface area contributed by atoms with E-state index in [9.17, 15) is 9.59 Å². The average molecular weight is 419 g/mol. The molecule has 2 amide bonds. The third-order valence-electron chi connectivity index (χ3n) is 5.85. The molecule has 0 radical (unpaired) electrons. The van der Waals surface area contributed by atoms with Gasteiger partial charge in [-0.05, 0) is 56.2 Å². The number of carbonyl (C=O) groups is 2. The number of rotatable bonds is 3. The number of piperazine rings is 1. The maximum Gasteiger partial charge on any atom is 0.414 e. The van der Waals surface area contributed by atoms with Crippen molar-refractivity contribution in [1.29, 1.82) is 5.26 Å². The summed E-state index contributed by atoms with van der Waals surface area (Å²) in [7, 11) is 0. The van der Waals surface area contributed by atoms with E-state index >= 15 is 0 Å². The van der Waals surface area contributed by atoms with Gasteiger partial charge >= 0.3 is 6.09 Å². The van der Waals surface area contributed by atoms with Crippen LogP contribution in [0, 0.1) is 25.2 Å². The second-order valence-corrected chi connectivity index (χ2v) is 8.05. The van der Waals surface area contributed by atoms with Gasteiger partial charge in [0, 0.05) is 43.6 Å². The molecule has 8 heteroatoms. The van der Waals surface area contributed by atoms with E-state index in [-0.39, 0.29) is 18.0 Å². The normalized spacial score (nSPS) is 18.7. The van der Waals surface area contributed by atoms with Gasteiger partial charge in [0.25, 0.3) is 5.91 Å². The highest BCUT2D eigenvalue weighted by molar-refractivity contribution is 5.97. The largest absolute Gasteiger partial charge is 0.447 e. The number of amides is 2. The number of pyridine rings is 1. The molecule has 1 atom stereocenters. The van der Waals surface area contributed by atoms with Gasteiger partial charge in [0.15, 0.2) is 0 Å². The molecule has 2 aromatic rings. The monoisotopic (exact) mass is 419 g/mol. The van der Waals surface area contributed by atoms with E-state index in [0.717, 1.165) is 22.6 Å². The Bertz CT molecular complexity index is 1070. The van der Waals surface area contributed by atoms with Crippen molar-refractivity contribution in [1.82, 2.24) is 9.88 Å². The summed E-state index contributed by atoms with van der Waals surface area (Å²) in [5, 5.41) is 9.02. The van der Waals surface area contributed by atoms with Gasteiger partial charge in [0.1, 0.15) is 18.5 Å². The highest BCUT2D eigenvalue weighted by Crippen LogP contribution is 2.26. The van der Waals surface area contributed by atoms with Crippen LogP contribution in [0.25, 0.3) is 0 Å². The minimum atomic E-state index is -0.353. The number of hydrogen-bond acceptors (Lipinski definition) is 6. The Hall–Kier alpha value is -3.60. The van der Waals surface area contributed by atoms with Crippen molar-refractivity contribution in [2.75, 3.05) is 42.6 Å². The maximum atomic E-state index is 13.1. The fourth-order valence-corrected chi connectivity index (χ4v) is 4.16. The van der Waals surface area contributed by atoms with Gasteiger partial charge in [-0.1, -0.05) is 0 Å². The zero-order valence-electron chi connectivity index (χ0n) is 18.0. The zero-order valence-corrected chi connectivity index (χ0v) is 18.0. The molecule has 0 spiro atoms. The minimum absolute atomic E-state index is 0.00902. The topological polar surface area (TPSA) is 89.8 Å². The first-order valence-corrected chi connectivity index (χ1v) is 10.4. The number of nitrogens with zero attached hydrogens (tertiary/aromatic N) is 5. The molecule has 0 N–H and O–H groups in total. The fourth-order valence-electron chi connectivity index (χ4n) is 4.16. The first-order valence-electron chi connectivity index (χ1n) is 10.4. The molecule has 0 aliphatic carbocycles. The van der Waals surface area contributed by atoms with Gasteiger partial charge in [0.2, 0.25) is 0 Å². The van der Waals surface area contributed by atoms with Crippen LogP contribution in [0.15, 0.2) is 30.5 Å². The summed E-state index contributed by atoms with van der Waals surface area (Å²) in [5.74, 6) is 0.850. The lowest BCUT2D eigenvalue weighted by atomic mass is 10.0. The Labute approximate surface area is 181 Å². The van der Waals surface area contributed by atoms with Gasteiger partial charge in [-0.15, -0.1) is 0 Å². The molecular weight excluding hydrogens is 394 g/mol. The highest BCUT2D eigenvalue weighted by Gasteiger charge is 2.31. The van der Waals surface area contributed by atoms with E-state index in [0.29, 0.717) is 43.9 Å². The SMILES string of the molecule is Cc1cc(N2C(=O)OC[C@H]2C)ccc1C(=O)N1CCN(c2ncc(C#N)cc2C)CC1. The van der Waals surface area contributed by atoms with Crippen molar-refractivity contribution in [3.05, 3.63) is 52.7 Å². The van der Waals surface area contributed by atoms with E-state index in [1.165, 1.54) is 0 Å². The molecule has 0 bridgehead atoms. The van der Waals surface area contributed by atoms with Gasteiger partial charge in [-0.25, -0.2) is 9.78 Å². The Morgan fingerprint density at radius 3 is 2.48 bits per heavy atom. The third kappa shape index (κ3) is 3.91. The van der Waals surface area contributed by atoms with E-state index in [2.05, 4.69) is 16.0 Å². The molecule has 2 aliphatic heterocycles. The van der Waals surface area contributed by atoms with Gasteiger partial charge in [-0.2, -0.15) is 5.26 Å². The van der Waals surface area contributed by atoms with Crippen LogP contribution < -0.4 is 9.80 Å². The van der Waals surface area contributed by atoms with E-state index < -0.39 is 0 Å². The van der Waals surface area contributed by atoms with Crippen LogP contribution >= 0.6 is 0 Å². The summed E-state index contributed by atoms with van der Waals surface area (Å²) in [6.45, 7) is 8.69. The quantitative estimate of drug-likeness (QED) is 0.760. The second-order valence-electron chi connectivity index (χ2n) is 8.05. The lowest BCUT2D eigenvalue weighted by Gasteiger charge is -2.36. The number of cyclic esters (lactones) is 1. The average Bonchev–Trinajstić information content (AvgIpc) is 3.11. The summed E-state index contributed by atoms with van der Waals surface area (Å²) in [6, 6.07) is 9.39. The lowest BCUT2D eigenvalue weighted by Crippen LogP contribution is -2.49. The summed E-state index contributed by atoms with van der Waals surface area (Å²) < 4.78 is 5.10. The summed E-state index contributed by atoms with van der Waals surface area (Å²) in [6.07, 6.45) is 1.23. The van der Waals surface area contributed by atoms with Crippen LogP contribution in [-0.4, -0.2) is 60.7 Å². The van der Waals surface area contributed by atoms with Gasteiger partial charge in [0.05, 0.1) is 11.6 Å². The number of aromatic nitrogens is 1. The van der Waals surface area contributed by atoms with Crippen LogP contribution in [0.2, 0.25) is 0 Å². The van der Waals surface area contributed by atoms with Crippen LogP contribution in [0.4, 0.5) is 16.3 Å². The molecule has 2 fully saturated rings. The number of aryl methyl sites for hydroxylation is 2. The van der Waals surface area contributed by atoms with Crippen molar-refractivity contribution in [3.8, 4) is 6.07 Å². The Morgan fingerprint density at radius 2 is 1.90 bits per heavy atom. The van der Waals surface area contributed by atoms with Crippen molar-refractivity contribution in [2.24, 2.45) is 0 Å². The first-order chi connectivity index (χ1) is 14.9. The van der Waals surface area contributed by atoms with Gasteiger partial charge in [-0.3, -0.25) is 9.69 Å². The van der Waals surface area contributed by atoms with Crippen molar-refractivity contribution in [3.63, 3.8) is 0 Å². The number of hydrogen-bond donors (Lipinski definition) is 0. The van der Waals surface area contributed by atoms with E-state index in [1.807, 2.05) is 43.9 Å². The Balaban J connectivity index is 1.44. The number of carbonyl (C=O) groups excluding carboxylic acids is 2. The van der Waals surface area contributed by atoms with Crippen LogP contribution in [-0.2, 0) is 4.74 Å². The first kappa shape index (κ1) is 20.7. The van der Waals surface area contributed by atoms with E-state index in [4.69, 9.17) is 10.00 Å². The molecule has 8 nitrogen and oxygen atoms in total. The predicted molar refractivity (Wildman–Crippen MR) is 116 cm³/mol. The predicted octanol–water partition coefficient (Wildman–Crippen LogP) is 2.88. The number of benzene rings is 1. The fraction of sp³-hybridized carbons (Fsp3) is 0.391. The van der Waals surface area contributed by atoms with Crippen molar-refractivity contribution < 1.29 is 14.3 Å². The van der Waals surface area contributed by atoms with Crippen LogP contribution in [0.3, 0.4) is 0 Å². The number of anilines is 2. The molecule has 0 saturated carbocycles. The zero-order chi connectivity index (χ0) is 22.1. The standard InChI is InChI=1S/C23H25N5O3/c1-15-11-19(28-17(3)14-31-23(28)30)4-5-20(15)22(29)27-8-6-26(7-9-27)21-16(2)10-18(12-24)13-25-21/h4-5,10-11,13,17H,6-9,14H2,1-3H3/t17-/m1/s1. The molecular formula is C23H25N5O3. The molecule has 3 heterocycles. The summed E-state index contributed by atoms with van der Waals surface area (Å²) >= 11 is 0. The molecule has 2 aliphatic rings. The molecule has 4 rings (SSSR count). The molecule has 1 aromatic carbocycles. The number of ether oxygens (including phenoxy) is 1. The smallest absolute Gasteiger partial charge is 0.414 e. The van der Waals surface area contributed by atoms with Gasteiger partial charge < -0.3 is 14.5 Å². The lowest BCUT2D eigenvalue weighted by molar-refractivity contribution is 0.0746. The third-order valence-corrected chi connectivity index (χ3v) is 5.85. The second kappa shape index (κ2) is 8.26. The molecule has 31 heavy (non-hydrogen) atoms. The highest BCUT2D eigenvalue weighted by atomic mass is 16.6. The number of nitriles is 1. The van der Waals surface area contributed by atoms with E-state index in [1.54, 1.807) is 17.2 Å². The van der Waals surface area contributed by atoms with Crippen LogP contribution in [0.1, 0.15) is 34.0 Å². The summed E-state index contributed by atoms with van der Waals surface area (Å²) in [4.78, 5) is 35.1.